The lowest BCUT2D eigenvalue weighted by Gasteiger charge is -2.09. The predicted molar refractivity (Wildman–Crippen MR) is 95.5 cm³/mol. The Morgan fingerprint density at radius 3 is 2.92 bits per heavy atom. The van der Waals surface area contributed by atoms with Crippen LogP contribution in [0.5, 0.6) is 5.75 Å². The summed E-state index contributed by atoms with van der Waals surface area (Å²) >= 11 is 6.14. The Hall–Kier alpha value is -2.79. The van der Waals surface area contributed by atoms with E-state index in [0.29, 0.717) is 28.9 Å². The highest BCUT2D eigenvalue weighted by Gasteiger charge is 2.08. The van der Waals surface area contributed by atoms with E-state index in [4.69, 9.17) is 16.3 Å². The minimum atomic E-state index is -0.274. The zero-order valence-electron chi connectivity index (χ0n) is 13.1. The summed E-state index contributed by atoms with van der Waals surface area (Å²) < 4.78 is 7.31. The van der Waals surface area contributed by atoms with Crippen molar-refractivity contribution in [2.75, 3.05) is 11.9 Å². The van der Waals surface area contributed by atoms with Gasteiger partial charge in [0, 0.05) is 12.3 Å². The fourth-order valence-electron chi connectivity index (χ4n) is 2.32. The van der Waals surface area contributed by atoms with E-state index in [1.54, 1.807) is 12.1 Å². The van der Waals surface area contributed by atoms with Gasteiger partial charge in [-0.2, -0.15) is 0 Å². The number of carbonyl (C=O) groups is 1. The summed E-state index contributed by atoms with van der Waals surface area (Å²) in [7, 11) is 0. The van der Waals surface area contributed by atoms with E-state index in [2.05, 4.69) is 10.3 Å². The van der Waals surface area contributed by atoms with Gasteiger partial charge in [-0.3, -0.25) is 9.20 Å². The van der Waals surface area contributed by atoms with E-state index < -0.39 is 0 Å². The molecule has 0 radical (unpaired) electrons. The van der Waals surface area contributed by atoms with Crippen molar-refractivity contribution < 1.29 is 9.53 Å². The number of halogens is 1. The number of carbonyl (C=O) groups excluding carboxylic acids is 1. The average molecular weight is 342 g/mol. The van der Waals surface area contributed by atoms with E-state index in [-0.39, 0.29) is 5.91 Å². The number of benzene rings is 1. The molecule has 0 saturated carbocycles. The maximum atomic E-state index is 12.2. The van der Waals surface area contributed by atoms with Gasteiger partial charge in [0.25, 0.3) is 0 Å². The molecule has 6 heteroatoms. The molecule has 0 unspecified atom stereocenters. The lowest BCUT2D eigenvalue weighted by molar-refractivity contribution is -0.111. The van der Waals surface area contributed by atoms with Crippen LogP contribution < -0.4 is 10.1 Å². The van der Waals surface area contributed by atoms with Crippen LogP contribution in [0.2, 0.25) is 5.15 Å². The smallest absolute Gasteiger partial charge is 0.248 e. The predicted octanol–water partition coefficient (Wildman–Crippen LogP) is 4.04. The van der Waals surface area contributed by atoms with Crippen LogP contribution in [0.4, 0.5) is 5.69 Å². The number of hydrogen-bond acceptors (Lipinski definition) is 3. The van der Waals surface area contributed by atoms with Crippen LogP contribution in [0, 0.1) is 0 Å². The lowest BCUT2D eigenvalue weighted by atomic mass is 10.3. The summed E-state index contributed by atoms with van der Waals surface area (Å²) in [4.78, 5) is 16.4. The number of amides is 1. The molecule has 0 atom stereocenters. The molecule has 3 rings (SSSR count). The average Bonchev–Trinajstić information content (AvgIpc) is 2.90. The molecule has 24 heavy (non-hydrogen) atoms. The van der Waals surface area contributed by atoms with Gasteiger partial charge in [-0.05, 0) is 37.3 Å². The molecular weight excluding hydrogens is 326 g/mol. The van der Waals surface area contributed by atoms with Crippen molar-refractivity contribution in [2.24, 2.45) is 0 Å². The lowest BCUT2D eigenvalue weighted by Crippen LogP contribution is -2.09. The molecule has 3 aromatic rings. The van der Waals surface area contributed by atoms with Gasteiger partial charge >= 0.3 is 0 Å². The third kappa shape index (κ3) is 3.41. The third-order valence-corrected chi connectivity index (χ3v) is 3.64. The standard InChI is InChI=1S/C18H16ClN3O2/c1-2-24-15-8-4-3-7-13(15)20-17(23)11-10-14-18(19)21-16-9-5-6-12-22(14)16/h3-12H,2H2,1H3,(H,20,23)/b11-10+. The molecule has 2 aromatic heterocycles. The molecule has 1 aromatic carbocycles. The SMILES string of the molecule is CCOc1ccccc1NC(=O)/C=C/c1c(Cl)nc2ccccn12. The molecular formula is C18H16ClN3O2. The number of imidazole rings is 1. The number of hydrogen-bond donors (Lipinski definition) is 1. The topological polar surface area (TPSA) is 55.6 Å². The Morgan fingerprint density at radius 1 is 1.29 bits per heavy atom. The number of anilines is 1. The molecule has 1 N–H and O–H groups in total. The zero-order valence-corrected chi connectivity index (χ0v) is 13.8. The zero-order chi connectivity index (χ0) is 16.9. The van der Waals surface area contributed by atoms with Gasteiger partial charge in [-0.1, -0.05) is 29.8 Å². The third-order valence-electron chi connectivity index (χ3n) is 3.36. The van der Waals surface area contributed by atoms with Crippen molar-refractivity contribution in [3.05, 3.63) is 65.6 Å². The maximum absolute atomic E-state index is 12.2. The molecule has 0 aliphatic heterocycles. The summed E-state index contributed by atoms with van der Waals surface area (Å²) in [5, 5.41) is 3.15. The number of fused-ring (bicyclic) bond motifs is 1. The Kier molecular flexibility index (Phi) is 4.82. The van der Waals surface area contributed by atoms with Crippen LogP contribution >= 0.6 is 11.6 Å². The highest BCUT2D eigenvalue weighted by Crippen LogP contribution is 2.24. The first kappa shape index (κ1) is 16.1. The number of rotatable bonds is 5. The molecule has 2 heterocycles. The second kappa shape index (κ2) is 7.19. The highest BCUT2D eigenvalue weighted by atomic mass is 35.5. The molecule has 0 aliphatic rings. The molecule has 1 amide bonds. The molecule has 0 fully saturated rings. The fraction of sp³-hybridized carbons (Fsp3) is 0.111. The summed E-state index contributed by atoms with van der Waals surface area (Å²) in [5.41, 5.74) is 2.00. The Morgan fingerprint density at radius 2 is 2.08 bits per heavy atom. The summed E-state index contributed by atoms with van der Waals surface area (Å²) in [6.45, 7) is 2.42. The summed E-state index contributed by atoms with van der Waals surface area (Å²) in [6.07, 6.45) is 4.90. The van der Waals surface area contributed by atoms with Gasteiger partial charge in [0.05, 0.1) is 18.0 Å². The van der Waals surface area contributed by atoms with Crippen LogP contribution in [0.25, 0.3) is 11.7 Å². The second-order valence-corrected chi connectivity index (χ2v) is 5.33. The van der Waals surface area contributed by atoms with Gasteiger partial charge < -0.3 is 10.1 Å². The molecule has 0 bridgehead atoms. The van der Waals surface area contributed by atoms with Crippen molar-refractivity contribution in [3.63, 3.8) is 0 Å². The quantitative estimate of drug-likeness (QED) is 0.712. The van der Waals surface area contributed by atoms with Crippen molar-refractivity contribution in [3.8, 4) is 5.75 Å². The molecule has 0 spiro atoms. The van der Waals surface area contributed by atoms with E-state index in [1.807, 2.05) is 53.9 Å². The molecule has 122 valence electrons. The summed E-state index contributed by atoms with van der Waals surface area (Å²) in [5.74, 6) is 0.360. The van der Waals surface area contributed by atoms with Crippen LogP contribution in [-0.4, -0.2) is 21.9 Å². The molecule has 5 nitrogen and oxygen atoms in total. The van der Waals surface area contributed by atoms with E-state index in [1.165, 1.54) is 6.08 Å². The van der Waals surface area contributed by atoms with Crippen LogP contribution in [0.1, 0.15) is 12.6 Å². The van der Waals surface area contributed by atoms with Crippen LogP contribution in [0.3, 0.4) is 0 Å². The Bertz CT molecular complexity index is 902. The van der Waals surface area contributed by atoms with Crippen molar-refractivity contribution in [2.45, 2.75) is 6.92 Å². The molecule has 0 saturated heterocycles. The number of pyridine rings is 1. The van der Waals surface area contributed by atoms with Gasteiger partial charge in [0.15, 0.2) is 5.15 Å². The van der Waals surface area contributed by atoms with E-state index in [0.717, 1.165) is 5.65 Å². The number of ether oxygens (including phenoxy) is 1. The Labute approximate surface area is 144 Å². The monoisotopic (exact) mass is 341 g/mol. The van der Waals surface area contributed by atoms with Gasteiger partial charge in [0.1, 0.15) is 11.4 Å². The largest absolute Gasteiger partial charge is 0.492 e. The minimum Gasteiger partial charge on any atom is -0.492 e. The second-order valence-electron chi connectivity index (χ2n) is 4.97. The number of aromatic nitrogens is 2. The normalized spacial score (nSPS) is 11.1. The number of nitrogens with one attached hydrogen (secondary N) is 1. The number of para-hydroxylation sites is 2. The van der Waals surface area contributed by atoms with Gasteiger partial charge in [-0.15, -0.1) is 0 Å². The van der Waals surface area contributed by atoms with Gasteiger partial charge in [0.2, 0.25) is 5.91 Å². The first-order chi connectivity index (χ1) is 11.7. The van der Waals surface area contributed by atoms with Crippen molar-refractivity contribution in [1.29, 1.82) is 0 Å². The van der Waals surface area contributed by atoms with Crippen LogP contribution in [0.15, 0.2) is 54.7 Å². The summed E-state index contributed by atoms with van der Waals surface area (Å²) in [6, 6.07) is 12.9. The van der Waals surface area contributed by atoms with E-state index in [9.17, 15) is 4.79 Å². The minimum absolute atomic E-state index is 0.274. The van der Waals surface area contributed by atoms with Gasteiger partial charge in [-0.25, -0.2) is 4.98 Å². The number of nitrogens with zero attached hydrogens (tertiary/aromatic N) is 2. The molecule has 0 aliphatic carbocycles. The van der Waals surface area contributed by atoms with E-state index >= 15 is 0 Å². The van der Waals surface area contributed by atoms with Crippen LogP contribution in [-0.2, 0) is 4.79 Å². The Balaban J connectivity index is 1.79. The first-order valence-corrected chi connectivity index (χ1v) is 7.90. The first-order valence-electron chi connectivity index (χ1n) is 7.52. The van der Waals surface area contributed by atoms with Crippen molar-refractivity contribution in [1.82, 2.24) is 9.38 Å². The highest BCUT2D eigenvalue weighted by molar-refractivity contribution is 6.31. The van der Waals surface area contributed by atoms with Crippen molar-refractivity contribution >= 4 is 34.9 Å². The maximum Gasteiger partial charge on any atom is 0.248 e. The fourth-order valence-corrected chi connectivity index (χ4v) is 2.56.